The van der Waals surface area contributed by atoms with Gasteiger partial charge < -0.3 is 5.32 Å². The van der Waals surface area contributed by atoms with Crippen molar-refractivity contribution in [3.8, 4) is 0 Å². The summed E-state index contributed by atoms with van der Waals surface area (Å²) in [5.41, 5.74) is 2.78. The zero-order valence-electron chi connectivity index (χ0n) is 14.0. The molecule has 1 aromatic rings. The Hall–Kier alpha value is -0.890. The highest BCUT2D eigenvalue weighted by Gasteiger charge is 2.40. The lowest BCUT2D eigenvalue weighted by Gasteiger charge is -2.39. The average molecular weight is 291 g/mol. The van der Waals surface area contributed by atoms with Crippen LogP contribution in [0.1, 0.15) is 57.1 Å². The number of likely N-dealkylation sites (N-methyl/N-ethyl adjacent to an activating group) is 1. The molecule has 1 fully saturated rings. The van der Waals surface area contributed by atoms with Crippen LogP contribution in [-0.4, -0.2) is 13.1 Å². The molecule has 1 aromatic carbocycles. The predicted octanol–water partition coefficient (Wildman–Crippen LogP) is 4.87. The van der Waals surface area contributed by atoms with Crippen LogP contribution >= 0.6 is 0 Å². The molecular weight excluding hydrogens is 261 g/mol. The fourth-order valence-electron chi connectivity index (χ4n) is 4.32. The van der Waals surface area contributed by atoms with Crippen LogP contribution in [0.2, 0.25) is 0 Å². The third-order valence-corrected chi connectivity index (χ3v) is 5.23. The normalized spacial score (nSPS) is 19.1. The fraction of sp³-hybridized carbons (Fsp3) is 0.684. The quantitative estimate of drug-likeness (QED) is 0.788. The molecule has 0 saturated heterocycles. The third-order valence-electron chi connectivity index (χ3n) is 5.23. The van der Waals surface area contributed by atoms with E-state index < -0.39 is 0 Å². The second-order valence-electron chi connectivity index (χ2n) is 7.28. The molecule has 2 rings (SSSR count). The van der Waals surface area contributed by atoms with Crippen molar-refractivity contribution in [3.63, 3.8) is 0 Å². The summed E-state index contributed by atoms with van der Waals surface area (Å²) in [5, 5.41) is 3.59. The molecule has 0 radical (unpaired) electrons. The fourth-order valence-corrected chi connectivity index (χ4v) is 4.32. The van der Waals surface area contributed by atoms with Crippen molar-refractivity contribution < 1.29 is 4.39 Å². The monoisotopic (exact) mass is 291 g/mol. The van der Waals surface area contributed by atoms with Crippen LogP contribution in [0.4, 0.5) is 4.39 Å². The molecular formula is C19H30FN. The van der Waals surface area contributed by atoms with E-state index in [4.69, 9.17) is 0 Å². The molecule has 2 heteroatoms. The number of nitrogens with one attached hydrogen (secondary N) is 1. The minimum atomic E-state index is -0.130. The van der Waals surface area contributed by atoms with E-state index in [1.54, 1.807) is 12.1 Å². The first-order chi connectivity index (χ1) is 9.97. The molecule has 0 aromatic heterocycles. The second-order valence-corrected chi connectivity index (χ2v) is 7.28. The topological polar surface area (TPSA) is 12.0 Å². The second kappa shape index (κ2) is 6.91. The Morgan fingerprint density at radius 3 is 2.43 bits per heavy atom. The van der Waals surface area contributed by atoms with Gasteiger partial charge in [-0.25, -0.2) is 4.39 Å². The number of halogens is 1. The van der Waals surface area contributed by atoms with E-state index in [0.29, 0.717) is 11.5 Å². The summed E-state index contributed by atoms with van der Waals surface area (Å²) < 4.78 is 13.3. The first kappa shape index (κ1) is 16.5. The highest BCUT2D eigenvalue weighted by Crippen LogP contribution is 2.46. The van der Waals surface area contributed by atoms with Crippen molar-refractivity contribution in [2.24, 2.45) is 11.3 Å². The van der Waals surface area contributed by atoms with Crippen LogP contribution in [0.5, 0.6) is 0 Å². The Labute approximate surface area is 129 Å². The Kier molecular flexibility index (Phi) is 5.43. The predicted molar refractivity (Wildman–Crippen MR) is 88.0 cm³/mol. The highest BCUT2D eigenvalue weighted by molar-refractivity contribution is 5.28. The van der Waals surface area contributed by atoms with Crippen molar-refractivity contribution in [1.82, 2.24) is 5.32 Å². The molecule has 1 atom stereocenters. The van der Waals surface area contributed by atoms with Crippen molar-refractivity contribution in [2.75, 3.05) is 7.05 Å². The van der Waals surface area contributed by atoms with Crippen molar-refractivity contribution in [2.45, 2.75) is 65.3 Å². The van der Waals surface area contributed by atoms with Crippen LogP contribution in [0.15, 0.2) is 18.2 Å². The average Bonchev–Trinajstić information content (AvgIpc) is 2.86. The zero-order chi connectivity index (χ0) is 15.5. The summed E-state index contributed by atoms with van der Waals surface area (Å²) in [6, 6.07) is 5.71. The summed E-state index contributed by atoms with van der Waals surface area (Å²) >= 11 is 0. The SMILES string of the molecule is CNC(Cc1ccc(F)cc1C)C1(CC(C)C)CCCC1. The van der Waals surface area contributed by atoms with Crippen molar-refractivity contribution in [3.05, 3.63) is 35.1 Å². The van der Waals surface area contributed by atoms with Crippen LogP contribution in [0, 0.1) is 24.1 Å². The van der Waals surface area contributed by atoms with E-state index in [1.165, 1.54) is 37.7 Å². The smallest absolute Gasteiger partial charge is 0.123 e. The minimum Gasteiger partial charge on any atom is -0.316 e. The van der Waals surface area contributed by atoms with Gasteiger partial charge in [0, 0.05) is 6.04 Å². The Morgan fingerprint density at radius 1 is 1.24 bits per heavy atom. The number of aryl methyl sites for hydroxylation is 1. The van der Waals surface area contributed by atoms with Gasteiger partial charge >= 0.3 is 0 Å². The molecule has 0 bridgehead atoms. The molecule has 118 valence electrons. The number of benzene rings is 1. The molecule has 0 heterocycles. The Bertz CT molecular complexity index is 461. The maximum Gasteiger partial charge on any atom is 0.123 e. The van der Waals surface area contributed by atoms with Crippen LogP contribution < -0.4 is 5.32 Å². The molecule has 21 heavy (non-hydrogen) atoms. The highest BCUT2D eigenvalue weighted by atomic mass is 19.1. The molecule has 0 spiro atoms. The van der Waals surface area contributed by atoms with Gasteiger partial charge in [0.25, 0.3) is 0 Å². The van der Waals surface area contributed by atoms with E-state index in [2.05, 4.69) is 26.2 Å². The maximum absolute atomic E-state index is 13.3. The third kappa shape index (κ3) is 3.85. The van der Waals surface area contributed by atoms with E-state index in [0.717, 1.165) is 17.9 Å². The van der Waals surface area contributed by atoms with Gasteiger partial charge in [-0.1, -0.05) is 32.8 Å². The van der Waals surface area contributed by atoms with E-state index in [9.17, 15) is 4.39 Å². The summed E-state index contributed by atoms with van der Waals surface area (Å²) in [4.78, 5) is 0. The largest absolute Gasteiger partial charge is 0.316 e. The Balaban J connectivity index is 2.20. The van der Waals surface area contributed by atoms with Crippen LogP contribution in [0.25, 0.3) is 0 Å². The van der Waals surface area contributed by atoms with Crippen LogP contribution in [-0.2, 0) is 6.42 Å². The summed E-state index contributed by atoms with van der Waals surface area (Å²) in [7, 11) is 2.09. The van der Waals surface area contributed by atoms with Crippen molar-refractivity contribution >= 4 is 0 Å². The van der Waals surface area contributed by atoms with Gasteiger partial charge in [-0.05, 0) is 74.2 Å². The van der Waals surface area contributed by atoms with Gasteiger partial charge in [-0.2, -0.15) is 0 Å². The van der Waals surface area contributed by atoms with Gasteiger partial charge in [0.15, 0.2) is 0 Å². The number of hydrogen-bond acceptors (Lipinski definition) is 1. The summed E-state index contributed by atoms with van der Waals surface area (Å²) in [6.45, 7) is 6.68. The number of rotatable bonds is 6. The van der Waals surface area contributed by atoms with Gasteiger partial charge in [0.1, 0.15) is 5.82 Å². The lowest BCUT2D eigenvalue weighted by molar-refractivity contribution is 0.160. The van der Waals surface area contributed by atoms with Gasteiger partial charge in [-0.3, -0.25) is 0 Å². The van der Waals surface area contributed by atoms with Gasteiger partial charge in [0.2, 0.25) is 0 Å². The van der Waals surface area contributed by atoms with Crippen molar-refractivity contribution in [1.29, 1.82) is 0 Å². The first-order valence-corrected chi connectivity index (χ1v) is 8.39. The summed E-state index contributed by atoms with van der Waals surface area (Å²) in [5.74, 6) is 0.600. The molecule has 1 N–H and O–H groups in total. The molecule has 0 aliphatic heterocycles. The lowest BCUT2D eigenvalue weighted by atomic mass is 9.70. The summed E-state index contributed by atoms with van der Waals surface area (Å²) in [6.07, 6.45) is 7.67. The van der Waals surface area contributed by atoms with Gasteiger partial charge in [-0.15, -0.1) is 0 Å². The van der Waals surface area contributed by atoms with Crippen LogP contribution in [0.3, 0.4) is 0 Å². The first-order valence-electron chi connectivity index (χ1n) is 8.39. The maximum atomic E-state index is 13.3. The zero-order valence-corrected chi connectivity index (χ0v) is 14.0. The number of hydrogen-bond donors (Lipinski definition) is 1. The molecule has 1 aliphatic rings. The lowest BCUT2D eigenvalue weighted by Crippen LogP contribution is -2.44. The molecule has 1 aliphatic carbocycles. The van der Waals surface area contributed by atoms with Gasteiger partial charge in [0.05, 0.1) is 0 Å². The van der Waals surface area contributed by atoms with E-state index >= 15 is 0 Å². The van der Waals surface area contributed by atoms with E-state index in [1.807, 2.05) is 13.0 Å². The molecule has 1 unspecified atom stereocenters. The molecule has 0 amide bonds. The molecule has 1 nitrogen and oxygen atoms in total. The molecule has 1 saturated carbocycles. The Morgan fingerprint density at radius 2 is 1.90 bits per heavy atom. The standard InChI is InChI=1S/C19H30FN/c1-14(2)13-19(9-5-6-10-19)18(21-4)12-16-7-8-17(20)11-15(16)3/h7-8,11,14,18,21H,5-6,9-10,12-13H2,1-4H3. The minimum absolute atomic E-state index is 0.130. The van der Waals surface area contributed by atoms with E-state index in [-0.39, 0.29) is 5.82 Å².